The maximum atomic E-state index is 4.52. The fraction of sp³-hybridized carbons (Fsp3) is 0.714. The van der Waals surface area contributed by atoms with Gasteiger partial charge in [0.25, 0.3) is 0 Å². The summed E-state index contributed by atoms with van der Waals surface area (Å²) in [6.07, 6.45) is 4.05. The van der Waals surface area contributed by atoms with Gasteiger partial charge in [-0.3, -0.25) is 0 Å². The third-order valence-corrected chi connectivity index (χ3v) is 3.37. The first-order chi connectivity index (χ1) is 8.60. The molecule has 0 bridgehead atoms. The van der Waals surface area contributed by atoms with Crippen molar-refractivity contribution in [2.24, 2.45) is 5.92 Å². The van der Waals surface area contributed by atoms with Crippen molar-refractivity contribution in [2.45, 2.75) is 53.0 Å². The smallest absolute Gasteiger partial charge is 0.134 e. The van der Waals surface area contributed by atoms with Gasteiger partial charge < -0.3 is 10.6 Å². The minimum atomic E-state index is 0.486. The molecule has 1 aromatic rings. The van der Waals surface area contributed by atoms with E-state index in [0.29, 0.717) is 6.04 Å². The van der Waals surface area contributed by atoms with E-state index in [1.54, 1.807) is 0 Å². The first-order valence-electron chi connectivity index (χ1n) is 6.95. The second kappa shape index (κ2) is 5.55. The monoisotopic (exact) mass is 248 g/mol. The maximum Gasteiger partial charge on any atom is 0.134 e. The normalized spacial score (nSPS) is 16.4. The molecule has 100 valence electrons. The number of hydrogen-bond donors (Lipinski definition) is 2. The van der Waals surface area contributed by atoms with Gasteiger partial charge in [-0.05, 0) is 40.0 Å². The van der Waals surface area contributed by atoms with E-state index in [-0.39, 0.29) is 0 Å². The molecule has 1 aliphatic carbocycles. The standard InChI is InChI=1S/C14H24N4/c1-5-15-13-10(3)14(18-11(4)17-13)16-9(2)8-12-6-7-12/h9,12H,5-8H2,1-4H3,(H2,15,16,17,18). The highest BCUT2D eigenvalue weighted by Crippen LogP contribution is 2.34. The van der Waals surface area contributed by atoms with Crippen LogP contribution in [0.3, 0.4) is 0 Å². The minimum absolute atomic E-state index is 0.486. The summed E-state index contributed by atoms with van der Waals surface area (Å²) in [7, 11) is 0. The van der Waals surface area contributed by atoms with E-state index in [1.807, 2.05) is 6.92 Å². The van der Waals surface area contributed by atoms with E-state index in [9.17, 15) is 0 Å². The third kappa shape index (κ3) is 3.34. The van der Waals surface area contributed by atoms with Crippen molar-refractivity contribution in [3.63, 3.8) is 0 Å². The summed E-state index contributed by atoms with van der Waals surface area (Å²) in [6, 6.07) is 0.486. The molecular formula is C14H24N4. The van der Waals surface area contributed by atoms with Crippen molar-refractivity contribution in [2.75, 3.05) is 17.2 Å². The molecule has 1 aromatic heterocycles. The first-order valence-corrected chi connectivity index (χ1v) is 6.95. The van der Waals surface area contributed by atoms with Crippen LogP contribution in [0.5, 0.6) is 0 Å². The summed E-state index contributed by atoms with van der Waals surface area (Å²) in [5.41, 5.74) is 1.12. The highest BCUT2D eigenvalue weighted by Gasteiger charge is 2.24. The Labute approximate surface area is 110 Å². The zero-order valence-electron chi connectivity index (χ0n) is 11.9. The molecule has 0 aromatic carbocycles. The molecular weight excluding hydrogens is 224 g/mol. The molecule has 4 nitrogen and oxygen atoms in total. The second-order valence-corrected chi connectivity index (χ2v) is 5.35. The highest BCUT2D eigenvalue weighted by molar-refractivity contribution is 5.57. The van der Waals surface area contributed by atoms with E-state index in [0.717, 1.165) is 35.5 Å². The van der Waals surface area contributed by atoms with Crippen LogP contribution in [-0.2, 0) is 0 Å². The molecule has 0 spiro atoms. The van der Waals surface area contributed by atoms with E-state index in [2.05, 4.69) is 41.4 Å². The zero-order valence-corrected chi connectivity index (χ0v) is 11.9. The Bertz CT molecular complexity index is 413. The Morgan fingerprint density at radius 2 is 1.89 bits per heavy atom. The van der Waals surface area contributed by atoms with Crippen LogP contribution in [0.25, 0.3) is 0 Å². The SMILES string of the molecule is CCNc1nc(C)nc(NC(C)CC2CC2)c1C. The van der Waals surface area contributed by atoms with E-state index in [1.165, 1.54) is 19.3 Å². The average Bonchev–Trinajstić information content (AvgIpc) is 3.09. The second-order valence-electron chi connectivity index (χ2n) is 5.35. The van der Waals surface area contributed by atoms with Gasteiger partial charge in [-0.15, -0.1) is 0 Å². The lowest BCUT2D eigenvalue weighted by Crippen LogP contribution is -2.19. The molecule has 1 atom stereocenters. The van der Waals surface area contributed by atoms with Crippen LogP contribution in [0.2, 0.25) is 0 Å². The fourth-order valence-electron chi connectivity index (χ4n) is 2.25. The van der Waals surface area contributed by atoms with Gasteiger partial charge in [-0.25, -0.2) is 9.97 Å². The summed E-state index contributed by atoms with van der Waals surface area (Å²) < 4.78 is 0. The molecule has 1 fully saturated rings. The molecule has 1 saturated carbocycles. The average molecular weight is 248 g/mol. The Kier molecular flexibility index (Phi) is 4.04. The van der Waals surface area contributed by atoms with Crippen molar-refractivity contribution < 1.29 is 0 Å². The molecule has 0 aliphatic heterocycles. The summed E-state index contributed by atoms with van der Waals surface area (Å²) in [6.45, 7) is 9.22. The molecule has 1 unspecified atom stereocenters. The summed E-state index contributed by atoms with van der Waals surface area (Å²) in [5.74, 6) is 3.68. The van der Waals surface area contributed by atoms with Gasteiger partial charge in [0.15, 0.2) is 0 Å². The van der Waals surface area contributed by atoms with Gasteiger partial charge in [0.05, 0.1) is 0 Å². The lowest BCUT2D eigenvalue weighted by Gasteiger charge is -2.18. The molecule has 0 amide bonds. The lowest BCUT2D eigenvalue weighted by molar-refractivity contribution is 0.639. The number of aromatic nitrogens is 2. The molecule has 1 aliphatic rings. The molecule has 0 saturated heterocycles. The Balaban J connectivity index is 2.09. The van der Waals surface area contributed by atoms with Crippen molar-refractivity contribution in [3.8, 4) is 0 Å². The van der Waals surface area contributed by atoms with Crippen LogP contribution < -0.4 is 10.6 Å². The van der Waals surface area contributed by atoms with Crippen molar-refractivity contribution in [1.29, 1.82) is 0 Å². The zero-order chi connectivity index (χ0) is 13.1. The lowest BCUT2D eigenvalue weighted by atomic mass is 10.1. The van der Waals surface area contributed by atoms with E-state index in [4.69, 9.17) is 0 Å². The first kappa shape index (κ1) is 13.1. The number of rotatable bonds is 6. The van der Waals surface area contributed by atoms with Gasteiger partial charge in [0.1, 0.15) is 17.5 Å². The molecule has 1 heterocycles. The fourth-order valence-corrected chi connectivity index (χ4v) is 2.25. The topological polar surface area (TPSA) is 49.8 Å². The van der Waals surface area contributed by atoms with Gasteiger partial charge in [0, 0.05) is 18.2 Å². The van der Waals surface area contributed by atoms with Gasteiger partial charge >= 0.3 is 0 Å². The number of nitrogens with zero attached hydrogens (tertiary/aromatic N) is 2. The van der Waals surface area contributed by atoms with Crippen LogP contribution in [0.15, 0.2) is 0 Å². The summed E-state index contributed by atoms with van der Waals surface area (Å²) in [5, 5.41) is 6.82. The van der Waals surface area contributed by atoms with Crippen LogP contribution in [-0.4, -0.2) is 22.6 Å². The van der Waals surface area contributed by atoms with E-state index >= 15 is 0 Å². The third-order valence-electron chi connectivity index (χ3n) is 3.37. The molecule has 18 heavy (non-hydrogen) atoms. The predicted octanol–water partition coefficient (Wildman–Crippen LogP) is 3.13. The number of anilines is 2. The summed E-state index contributed by atoms with van der Waals surface area (Å²) in [4.78, 5) is 8.96. The Morgan fingerprint density at radius 1 is 1.22 bits per heavy atom. The molecule has 0 radical (unpaired) electrons. The van der Waals surface area contributed by atoms with Crippen LogP contribution in [0.4, 0.5) is 11.6 Å². The molecule has 4 heteroatoms. The van der Waals surface area contributed by atoms with Crippen LogP contribution >= 0.6 is 0 Å². The molecule has 2 rings (SSSR count). The molecule has 2 N–H and O–H groups in total. The Hall–Kier alpha value is -1.32. The predicted molar refractivity (Wildman–Crippen MR) is 76.1 cm³/mol. The Morgan fingerprint density at radius 3 is 2.50 bits per heavy atom. The number of nitrogens with one attached hydrogen (secondary N) is 2. The quantitative estimate of drug-likeness (QED) is 0.812. The van der Waals surface area contributed by atoms with Crippen molar-refractivity contribution in [3.05, 3.63) is 11.4 Å². The van der Waals surface area contributed by atoms with Crippen LogP contribution in [0, 0.1) is 19.8 Å². The number of aryl methyl sites for hydroxylation is 1. The van der Waals surface area contributed by atoms with Crippen molar-refractivity contribution >= 4 is 11.6 Å². The maximum absolute atomic E-state index is 4.52. The number of hydrogen-bond acceptors (Lipinski definition) is 4. The van der Waals surface area contributed by atoms with E-state index < -0.39 is 0 Å². The minimum Gasteiger partial charge on any atom is -0.370 e. The van der Waals surface area contributed by atoms with Crippen molar-refractivity contribution in [1.82, 2.24) is 9.97 Å². The highest BCUT2D eigenvalue weighted by atomic mass is 15.1. The summed E-state index contributed by atoms with van der Waals surface area (Å²) >= 11 is 0. The largest absolute Gasteiger partial charge is 0.370 e. The van der Waals surface area contributed by atoms with Gasteiger partial charge in [0.2, 0.25) is 0 Å². The van der Waals surface area contributed by atoms with Gasteiger partial charge in [-0.2, -0.15) is 0 Å². The van der Waals surface area contributed by atoms with Gasteiger partial charge in [-0.1, -0.05) is 12.8 Å². The van der Waals surface area contributed by atoms with Crippen LogP contribution in [0.1, 0.15) is 44.5 Å².